The van der Waals surface area contributed by atoms with E-state index in [2.05, 4.69) is 85.2 Å². The molecule has 170 valence electrons. The molecule has 0 saturated carbocycles. The highest BCUT2D eigenvalue weighted by molar-refractivity contribution is 7.13. The minimum atomic E-state index is -2.22. The summed E-state index contributed by atoms with van der Waals surface area (Å²) in [5, 5.41) is 4.05. The van der Waals surface area contributed by atoms with Crippen LogP contribution in [0, 0.1) is 13.8 Å². The maximum absolute atomic E-state index is 6.07. The maximum Gasteiger partial charge on any atom is 0.219 e. The van der Waals surface area contributed by atoms with Crippen molar-refractivity contribution in [3.8, 4) is 33.9 Å². The fraction of sp³-hybridized carbons (Fsp3) is 0.0968. The fourth-order valence-electron chi connectivity index (χ4n) is 5.14. The van der Waals surface area contributed by atoms with Gasteiger partial charge in [0.1, 0.15) is 5.75 Å². The third-order valence-electron chi connectivity index (χ3n) is 7.02. The number of benzene rings is 3. The molecule has 0 amide bonds. The van der Waals surface area contributed by atoms with Gasteiger partial charge in [0.05, 0.1) is 0 Å². The molecular formula is C31H26N2OSi. The number of aromatic nitrogens is 2. The topological polar surface area (TPSA) is 35.0 Å². The molecule has 6 rings (SSSR count). The lowest BCUT2D eigenvalue weighted by Gasteiger charge is -2.25. The highest BCUT2D eigenvalue weighted by Gasteiger charge is 2.44. The molecule has 0 spiro atoms. The molecule has 35 heavy (non-hydrogen) atoms. The summed E-state index contributed by atoms with van der Waals surface area (Å²) in [6.45, 7) is 6.57. The molecule has 4 heteroatoms. The lowest BCUT2D eigenvalue weighted by molar-refractivity contribution is 0.462. The van der Waals surface area contributed by atoms with Crippen molar-refractivity contribution in [2.45, 2.75) is 20.4 Å². The molecule has 1 unspecified atom stereocenters. The average molecular weight is 471 g/mol. The Hall–Kier alpha value is -4.02. The SMILES string of the molecule is Cc1ccc([Si]2(C)c3ccccc3-c3ccc(-c4cccc(Oc5cc(C)ccn5)c4)cc32)nc1. The van der Waals surface area contributed by atoms with Crippen LogP contribution >= 0.6 is 0 Å². The van der Waals surface area contributed by atoms with Gasteiger partial charge in [-0.15, -0.1) is 0 Å². The Morgan fingerprint density at radius 1 is 0.657 bits per heavy atom. The van der Waals surface area contributed by atoms with Gasteiger partial charge in [-0.05, 0) is 81.9 Å². The first-order valence-corrected chi connectivity index (χ1v) is 14.4. The molecule has 2 aromatic heterocycles. The number of nitrogens with zero attached hydrogens (tertiary/aromatic N) is 2. The molecule has 0 bridgehead atoms. The van der Waals surface area contributed by atoms with E-state index < -0.39 is 8.07 Å². The van der Waals surface area contributed by atoms with Crippen molar-refractivity contribution < 1.29 is 4.74 Å². The van der Waals surface area contributed by atoms with E-state index in [0.29, 0.717) is 5.88 Å². The van der Waals surface area contributed by atoms with Gasteiger partial charge in [0.15, 0.2) is 8.07 Å². The predicted molar refractivity (Wildman–Crippen MR) is 146 cm³/mol. The van der Waals surface area contributed by atoms with E-state index in [1.807, 2.05) is 37.4 Å². The van der Waals surface area contributed by atoms with Gasteiger partial charge in [0.2, 0.25) is 5.88 Å². The Morgan fingerprint density at radius 2 is 1.49 bits per heavy atom. The Balaban J connectivity index is 1.45. The summed E-state index contributed by atoms with van der Waals surface area (Å²) < 4.78 is 6.07. The van der Waals surface area contributed by atoms with E-state index in [0.717, 1.165) is 16.9 Å². The van der Waals surface area contributed by atoms with Crippen LogP contribution in [-0.2, 0) is 0 Å². The molecular weight excluding hydrogens is 444 g/mol. The Bertz CT molecular complexity index is 1560. The smallest absolute Gasteiger partial charge is 0.219 e. The second-order valence-corrected chi connectivity index (χ2v) is 13.3. The van der Waals surface area contributed by atoms with Crippen molar-refractivity contribution in [1.29, 1.82) is 0 Å². The lowest BCUT2D eigenvalue weighted by atomic mass is 10.0. The van der Waals surface area contributed by atoms with Gasteiger partial charge in [-0.2, -0.15) is 0 Å². The van der Waals surface area contributed by atoms with Crippen molar-refractivity contribution in [2.24, 2.45) is 0 Å². The molecule has 0 radical (unpaired) electrons. The third kappa shape index (κ3) is 3.67. The van der Waals surface area contributed by atoms with Crippen LogP contribution in [0.2, 0.25) is 6.55 Å². The molecule has 0 saturated heterocycles. The lowest BCUT2D eigenvalue weighted by Crippen LogP contribution is -2.63. The molecule has 0 aliphatic carbocycles. The molecule has 1 aliphatic heterocycles. The summed E-state index contributed by atoms with van der Waals surface area (Å²) in [7, 11) is -2.22. The van der Waals surface area contributed by atoms with Crippen molar-refractivity contribution in [3.63, 3.8) is 0 Å². The first-order chi connectivity index (χ1) is 17.0. The Morgan fingerprint density at radius 3 is 2.31 bits per heavy atom. The standard InChI is InChI=1S/C31H26N2OSi/c1-21-15-16-32-30(17-21)34-25-8-6-7-23(18-25)24-12-13-27-26-9-4-5-10-28(26)35(3,29(27)19-24)31-14-11-22(2)20-33-31/h4-20H,1-3H3. The number of rotatable bonds is 4. The summed E-state index contributed by atoms with van der Waals surface area (Å²) in [5.74, 6) is 1.39. The number of pyridine rings is 2. The fourth-order valence-corrected chi connectivity index (χ4v) is 9.10. The van der Waals surface area contributed by atoms with Crippen LogP contribution in [-0.4, -0.2) is 18.0 Å². The molecule has 5 aromatic rings. The minimum absolute atomic E-state index is 0.608. The molecule has 3 aromatic carbocycles. The van der Waals surface area contributed by atoms with Crippen molar-refractivity contribution in [2.75, 3.05) is 0 Å². The van der Waals surface area contributed by atoms with Gasteiger partial charge in [-0.3, -0.25) is 4.98 Å². The van der Waals surface area contributed by atoms with E-state index >= 15 is 0 Å². The van der Waals surface area contributed by atoms with Crippen molar-refractivity contribution >= 4 is 23.8 Å². The van der Waals surface area contributed by atoms with Crippen molar-refractivity contribution in [3.05, 3.63) is 115 Å². The van der Waals surface area contributed by atoms with Gasteiger partial charge in [0, 0.05) is 23.8 Å². The van der Waals surface area contributed by atoms with E-state index in [9.17, 15) is 0 Å². The number of hydrogen-bond acceptors (Lipinski definition) is 3. The number of aryl methyl sites for hydroxylation is 2. The number of ether oxygens (including phenoxy) is 1. The molecule has 3 heterocycles. The van der Waals surface area contributed by atoms with Gasteiger partial charge in [0.25, 0.3) is 0 Å². The van der Waals surface area contributed by atoms with Gasteiger partial charge in [-0.1, -0.05) is 67.2 Å². The zero-order chi connectivity index (χ0) is 24.0. The van der Waals surface area contributed by atoms with Crippen molar-refractivity contribution in [1.82, 2.24) is 9.97 Å². The van der Waals surface area contributed by atoms with Crippen LogP contribution in [0.4, 0.5) is 0 Å². The zero-order valence-corrected chi connectivity index (χ0v) is 21.1. The van der Waals surface area contributed by atoms with Crippen LogP contribution in [0.3, 0.4) is 0 Å². The molecule has 0 fully saturated rings. The first kappa shape index (κ1) is 21.5. The zero-order valence-electron chi connectivity index (χ0n) is 20.1. The number of hydrogen-bond donors (Lipinski definition) is 0. The van der Waals surface area contributed by atoms with Gasteiger partial charge < -0.3 is 4.74 Å². The molecule has 1 aliphatic rings. The van der Waals surface area contributed by atoms with Crippen LogP contribution in [0.5, 0.6) is 11.6 Å². The number of fused-ring (bicyclic) bond motifs is 3. The third-order valence-corrected chi connectivity index (χ3v) is 11.3. The molecule has 1 atom stereocenters. The molecule has 0 N–H and O–H groups in total. The predicted octanol–water partition coefficient (Wildman–Crippen LogP) is 5.63. The minimum Gasteiger partial charge on any atom is -0.439 e. The summed E-state index contributed by atoms with van der Waals surface area (Å²) >= 11 is 0. The van der Waals surface area contributed by atoms with E-state index in [-0.39, 0.29) is 0 Å². The van der Waals surface area contributed by atoms with Crippen LogP contribution in [0.1, 0.15) is 11.1 Å². The van der Waals surface area contributed by atoms with Crippen LogP contribution in [0.25, 0.3) is 22.3 Å². The Labute approximate surface area is 207 Å². The highest BCUT2D eigenvalue weighted by atomic mass is 28.3. The summed E-state index contributed by atoms with van der Waals surface area (Å²) in [4.78, 5) is 9.28. The Kier molecular flexibility index (Phi) is 5.12. The molecule has 3 nitrogen and oxygen atoms in total. The van der Waals surface area contributed by atoms with Crippen LogP contribution in [0.15, 0.2) is 103 Å². The maximum atomic E-state index is 6.07. The normalized spacial score (nSPS) is 16.0. The quantitative estimate of drug-likeness (QED) is 0.319. The van der Waals surface area contributed by atoms with E-state index in [1.54, 1.807) is 6.20 Å². The highest BCUT2D eigenvalue weighted by Crippen LogP contribution is 2.32. The van der Waals surface area contributed by atoms with Gasteiger partial charge >= 0.3 is 0 Å². The monoisotopic (exact) mass is 470 g/mol. The second-order valence-electron chi connectivity index (χ2n) is 9.45. The van der Waals surface area contributed by atoms with E-state index in [1.165, 1.54) is 37.9 Å². The summed E-state index contributed by atoms with van der Waals surface area (Å²) in [5.41, 5.74) is 7.29. The van der Waals surface area contributed by atoms with Crippen LogP contribution < -0.4 is 20.4 Å². The summed E-state index contributed by atoms with van der Waals surface area (Å²) in [6.07, 6.45) is 3.77. The average Bonchev–Trinajstić information content (AvgIpc) is 3.14. The van der Waals surface area contributed by atoms with Gasteiger partial charge in [-0.25, -0.2) is 4.98 Å². The second kappa shape index (κ2) is 8.33. The largest absolute Gasteiger partial charge is 0.439 e. The summed E-state index contributed by atoms with van der Waals surface area (Å²) in [6, 6.07) is 32.3. The first-order valence-electron chi connectivity index (χ1n) is 11.9. The van der Waals surface area contributed by atoms with E-state index in [4.69, 9.17) is 9.72 Å².